The fourth-order valence-electron chi connectivity index (χ4n) is 10.8. The first-order valence-electron chi connectivity index (χ1n) is 21.5. The van der Waals surface area contributed by atoms with Crippen LogP contribution < -0.4 is 0 Å². The van der Waals surface area contributed by atoms with Crippen LogP contribution in [-0.2, 0) is 0 Å². The Bertz CT molecular complexity index is 4030. The molecule has 0 radical (unpaired) electrons. The smallest absolute Gasteiger partial charge is 0.0619 e. The molecule has 0 fully saturated rings. The highest BCUT2D eigenvalue weighted by Crippen LogP contribution is 2.48. The van der Waals surface area contributed by atoms with Gasteiger partial charge < -0.3 is 9.13 Å². The van der Waals surface area contributed by atoms with Gasteiger partial charge in [0.2, 0.25) is 0 Å². The molecule has 0 amide bonds. The predicted molar refractivity (Wildman–Crippen MR) is 263 cm³/mol. The molecule has 62 heavy (non-hydrogen) atoms. The van der Waals surface area contributed by atoms with Gasteiger partial charge in [0.25, 0.3) is 0 Å². The van der Waals surface area contributed by atoms with Gasteiger partial charge in [-0.15, -0.1) is 0 Å². The van der Waals surface area contributed by atoms with Gasteiger partial charge in [-0.3, -0.25) is 0 Å². The van der Waals surface area contributed by atoms with Crippen molar-refractivity contribution in [2.45, 2.75) is 0 Å². The van der Waals surface area contributed by atoms with E-state index in [0.29, 0.717) is 0 Å². The van der Waals surface area contributed by atoms with E-state index in [1.165, 1.54) is 126 Å². The first-order valence-corrected chi connectivity index (χ1v) is 21.5. The molecule has 13 aromatic rings. The van der Waals surface area contributed by atoms with Crippen LogP contribution >= 0.6 is 0 Å². The van der Waals surface area contributed by atoms with Crippen LogP contribution in [0.25, 0.3) is 132 Å². The van der Waals surface area contributed by atoms with Gasteiger partial charge in [-0.05, 0) is 138 Å². The second-order valence-corrected chi connectivity index (χ2v) is 16.9. The Labute approximate surface area is 357 Å². The van der Waals surface area contributed by atoms with Gasteiger partial charge in [0, 0.05) is 38.3 Å². The molecule has 0 unspecified atom stereocenters. The molecule has 0 saturated heterocycles. The highest BCUT2D eigenvalue weighted by molar-refractivity contribution is 6.20. The average molecular weight is 785 g/mol. The summed E-state index contributed by atoms with van der Waals surface area (Å²) in [6.45, 7) is 0. The van der Waals surface area contributed by atoms with E-state index >= 15 is 0 Å². The lowest BCUT2D eigenvalue weighted by Gasteiger charge is -2.12. The van der Waals surface area contributed by atoms with E-state index in [2.05, 4.69) is 228 Å². The molecule has 2 heteroatoms. The lowest BCUT2D eigenvalue weighted by Crippen LogP contribution is -1.94. The molecule has 2 nitrogen and oxygen atoms in total. The van der Waals surface area contributed by atoms with E-state index in [1.807, 2.05) is 0 Å². The number of hydrogen-bond acceptors (Lipinski definition) is 0. The van der Waals surface area contributed by atoms with E-state index < -0.39 is 0 Å². The molecule has 0 N–H and O–H groups in total. The van der Waals surface area contributed by atoms with Crippen LogP contribution in [0.15, 0.2) is 218 Å². The third-order valence-corrected chi connectivity index (χ3v) is 13.6. The lowest BCUT2D eigenvalue weighted by molar-refractivity contribution is 1.19. The summed E-state index contributed by atoms with van der Waals surface area (Å²) in [5.74, 6) is 0. The molecule has 1 aliphatic carbocycles. The summed E-state index contributed by atoms with van der Waals surface area (Å²) in [5.41, 5.74) is 17.4. The third kappa shape index (κ3) is 4.75. The molecule has 0 bridgehead atoms. The van der Waals surface area contributed by atoms with Crippen LogP contribution in [0.1, 0.15) is 0 Å². The number of rotatable bonds is 4. The molecule has 2 aromatic heterocycles. The van der Waals surface area contributed by atoms with Crippen molar-refractivity contribution in [3.05, 3.63) is 218 Å². The van der Waals surface area contributed by atoms with Crippen LogP contribution in [-0.4, -0.2) is 9.13 Å². The molecule has 0 saturated carbocycles. The molecule has 11 aromatic carbocycles. The number of fused-ring (bicyclic) bond motifs is 12. The van der Waals surface area contributed by atoms with E-state index in [9.17, 15) is 0 Å². The Hall–Kier alpha value is -8.20. The first-order chi connectivity index (χ1) is 30.7. The van der Waals surface area contributed by atoms with E-state index in [0.717, 1.165) is 5.69 Å². The molecule has 286 valence electrons. The topological polar surface area (TPSA) is 9.86 Å². The maximum absolute atomic E-state index is 2.43. The van der Waals surface area contributed by atoms with Crippen LogP contribution in [0.2, 0.25) is 0 Å². The summed E-state index contributed by atoms with van der Waals surface area (Å²) in [7, 11) is 0. The fraction of sp³-hybridized carbons (Fsp3) is 0. The molecule has 0 aliphatic heterocycles. The minimum absolute atomic E-state index is 1.16. The zero-order valence-corrected chi connectivity index (χ0v) is 33.7. The van der Waals surface area contributed by atoms with Gasteiger partial charge in [-0.25, -0.2) is 0 Å². The van der Waals surface area contributed by atoms with Gasteiger partial charge in [-0.2, -0.15) is 0 Å². The minimum atomic E-state index is 1.16. The molecule has 0 spiro atoms. The van der Waals surface area contributed by atoms with Crippen molar-refractivity contribution >= 4 is 75.9 Å². The number of aromatic nitrogens is 2. The Balaban J connectivity index is 0.869. The number of para-hydroxylation sites is 2. The van der Waals surface area contributed by atoms with Crippen LogP contribution in [0, 0.1) is 0 Å². The summed E-state index contributed by atoms with van der Waals surface area (Å²) in [6, 6.07) is 81.0. The SMILES string of the molecule is c1ccc(-n2c3ccc(-c4ccc5c(c4)c4ccccc4n5-c4ccc5cc(-c6ccc7c(c6)-c6cccc8cccc-7c68)ccc5c4)cc3c3ccc4ccccc4c32)cc1. The Kier molecular flexibility index (Phi) is 6.86. The standard InChI is InChI=1S/C60H36N2/c1-2-13-45(14-3-1)62-58-31-26-44(36-55(58)52-29-23-37-10-4-5-15-47(37)60(52)62)43-25-30-57-54(35-43)49-16-6-7-19-56(49)61(57)46-27-22-40-32-39(20-21-41(40)33-46)42-24-28-48-50-17-8-11-38-12-9-18-51(59(38)50)53(48)34-42/h1-36H. The van der Waals surface area contributed by atoms with Crippen molar-refractivity contribution in [1.82, 2.24) is 9.13 Å². The maximum Gasteiger partial charge on any atom is 0.0619 e. The van der Waals surface area contributed by atoms with Gasteiger partial charge in [-0.1, -0.05) is 152 Å². The highest BCUT2D eigenvalue weighted by Gasteiger charge is 2.22. The Morgan fingerprint density at radius 3 is 1.66 bits per heavy atom. The quantitative estimate of drug-likeness (QED) is 0.168. The normalized spacial score (nSPS) is 12.2. The maximum atomic E-state index is 2.43. The van der Waals surface area contributed by atoms with Crippen molar-refractivity contribution in [3.8, 4) is 55.9 Å². The number of hydrogen-bond donors (Lipinski definition) is 0. The van der Waals surface area contributed by atoms with Crippen LogP contribution in [0.5, 0.6) is 0 Å². The highest BCUT2D eigenvalue weighted by atomic mass is 15.0. The van der Waals surface area contributed by atoms with Crippen molar-refractivity contribution in [2.24, 2.45) is 0 Å². The first kappa shape index (κ1) is 33.6. The van der Waals surface area contributed by atoms with Crippen LogP contribution in [0.4, 0.5) is 0 Å². The van der Waals surface area contributed by atoms with Crippen molar-refractivity contribution in [2.75, 3.05) is 0 Å². The molecular formula is C60H36N2. The number of nitrogens with zero attached hydrogens (tertiary/aromatic N) is 2. The van der Waals surface area contributed by atoms with Crippen molar-refractivity contribution in [1.29, 1.82) is 0 Å². The summed E-state index contributed by atoms with van der Waals surface area (Å²) in [5, 5.41) is 12.7. The summed E-state index contributed by atoms with van der Waals surface area (Å²) >= 11 is 0. The zero-order chi connectivity index (χ0) is 40.5. The molecule has 1 aliphatic rings. The third-order valence-electron chi connectivity index (χ3n) is 13.6. The summed E-state index contributed by atoms with van der Waals surface area (Å²) in [6.07, 6.45) is 0. The Morgan fingerprint density at radius 1 is 0.242 bits per heavy atom. The van der Waals surface area contributed by atoms with Gasteiger partial charge >= 0.3 is 0 Å². The van der Waals surface area contributed by atoms with E-state index in [-0.39, 0.29) is 0 Å². The monoisotopic (exact) mass is 784 g/mol. The predicted octanol–water partition coefficient (Wildman–Crippen LogP) is 16.3. The summed E-state index contributed by atoms with van der Waals surface area (Å²) in [4.78, 5) is 0. The van der Waals surface area contributed by atoms with E-state index in [4.69, 9.17) is 0 Å². The van der Waals surface area contributed by atoms with E-state index in [1.54, 1.807) is 0 Å². The second kappa shape index (κ2) is 12.7. The van der Waals surface area contributed by atoms with Gasteiger partial charge in [0.1, 0.15) is 0 Å². The summed E-state index contributed by atoms with van der Waals surface area (Å²) < 4.78 is 4.87. The number of benzene rings is 11. The second-order valence-electron chi connectivity index (χ2n) is 16.9. The van der Waals surface area contributed by atoms with Gasteiger partial charge in [0.05, 0.1) is 22.1 Å². The van der Waals surface area contributed by atoms with Gasteiger partial charge in [0.15, 0.2) is 0 Å². The molecule has 0 atom stereocenters. The average Bonchev–Trinajstić information content (AvgIpc) is 3.97. The largest absolute Gasteiger partial charge is 0.309 e. The fourth-order valence-corrected chi connectivity index (χ4v) is 10.8. The van der Waals surface area contributed by atoms with Crippen molar-refractivity contribution < 1.29 is 0 Å². The zero-order valence-electron chi connectivity index (χ0n) is 33.7. The Morgan fingerprint density at radius 2 is 0.823 bits per heavy atom. The molecule has 2 heterocycles. The molecular weight excluding hydrogens is 749 g/mol. The molecule has 14 rings (SSSR count). The lowest BCUT2D eigenvalue weighted by atomic mass is 9.96. The van der Waals surface area contributed by atoms with Crippen LogP contribution in [0.3, 0.4) is 0 Å². The minimum Gasteiger partial charge on any atom is -0.309 e. The van der Waals surface area contributed by atoms with Crippen molar-refractivity contribution in [3.63, 3.8) is 0 Å².